The van der Waals surface area contributed by atoms with Crippen LogP contribution in [0.4, 0.5) is 0 Å². The Labute approximate surface area is 211 Å². The minimum Gasteiger partial charge on any atom is -0.303 e. The highest BCUT2D eigenvalue weighted by molar-refractivity contribution is 6.35. The van der Waals surface area contributed by atoms with Gasteiger partial charge >= 0.3 is 0 Å². The van der Waals surface area contributed by atoms with Crippen molar-refractivity contribution < 1.29 is 4.79 Å². The normalized spacial score (nSPS) is 25.1. The Hall–Kier alpha value is -2.46. The quantitative estimate of drug-likeness (QED) is 0.361. The first-order chi connectivity index (χ1) is 16.7. The zero-order chi connectivity index (χ0) is 24.6. The lowest BCUT2D eigenvalue weighted by atomic mass is 9.66. The number of halogens is 1. The maximum absolute atomic E-state index is 13.2. The van der Waals surface area contributed by atoms with E-state index in [0.29, 0.717) is 16.3 Å². The molecule has 0 saturated heterocycles. The summed E-state index contributed by atoms with van der Waals surface area (Å²) < 4.78 is 2.22. The van der Waals surface area contributed by atoms with Gasteiger partial charge in [0.1, 0.15) is 12.1 Å². The van der Waals surface area contributed by atoms with Crippen LogP contribution in [0.1, 0.15) is 95.0 Å². The van der Waals surface area contributed by atoms with E-state index in [9.17, 15) is 9.59 Å². The Morgan fingerprint density at radius 2 is 1.86 bits per heavy atom. The van der Waals surface area contributed by atoms with Gasteiger partial charge in [-0.15, -0.1) is 0 Å². The minimum absolute atomic E-state index is 0.0604. The molecule has 1 spiro atoms. The minimum atomic E-state index is -0.286. The Bertz CT molecular complexity index is 1410. The van der Waals surface area contributed by atoms with Crippen LogP contribution in [-0.2, 0) is 10.2 Å². The number of rotatable bonds is 2. The molecule has 3 aliphatic rings. The third-order valence-corrected chi connectivity index (χ3v) is 9.83. The third-order valence-electron chi connectivity index (χ3n) is 9.52. The van der Waals surface area contributed by atoms with Crippen LogP contribution < -0.4 is 5.56 Å². The molecule has 3 aromatic rings. The van der Waals surface area contributed by atoms with Crippen molar-refractivity contribution in [2.24, 2.45) is 10.8 Å². The summed E-state index contributed by atoms with van der Waals surface area (Å²) in [5, 5.41) is 0.949. The Balaban J connectivity index is 1.56. The van der Waals surface area contributed by atoms with Gasteiger partial charge in [0.2, 0.25) is 0 Å². The van der Waals surface area contributed by atoms with Gasteiger partial charge in [-0.05, 0) is 72.8 Å². The number of aromatic nitrogens is 2. The van der Waals surface area contributed by atoms with Gasteiger partial charge in [-0.25, -0.2) is 0 Å². The molecule has 2 aliphatic carbocycles. The predicted octanol–water partition coefficient (Wildman–Crippen LogP) is 7.10. The van der Waals surface area contributed by atoms with Crippen molar-refractivity contribution in [1.29, 1.82) is 0 Å². The Morgan fingerprint density at radius 3 is 2.54 bits per heavy atom. The lowest BCUT2D eigenvalue weighted by Gasteiger charge is -2.37. The van der Waals surface area contributed by atoms with E-state index in [4.69, 9.17) is 16.6 Å². The van der Waals surface area contributed by atoms with Gasteiger partial charge in [0.05, 0.1) is 27.0 Å². The second-order valence-electron chi connectivity index (χ2n) is 12.1. The van der Waals surface area contributed by atoms with Gasteiger partial charge in [0, 0.05) is 5.41 Å². The number of benzene rings is 2. The molecule has 0 bridgehead atoms. The number of carbonyl (C=O) groups excluding carboxylic acids is 1. The summed E-state index contributed by atoms with van der Waals surface area (Å²) in [4.78, 5) is 30.1. The molecule has 1 aliphatic heterocycles. The van der Waals surface area contributed by atoms with E-state index in [1.165, 1.54) is 23.8 Å². The fourth-order valence-electron chi connectivity index (χ4n) is 7.28. The van der Waals surface area contributed by atoms with Crippen LogP contribution in [0.3, 0.4) is 0 Å². The maximum Gasteiger partial charge on any atom is 0.282 e. The number of carbonyl (C=O) groups is 1. The highest BCUT2D eigenvalue weighted by Gasteiger charge is 2.49. The van der Waals surface area contributed by atoms with Crippen LogP contribution in [0.15, 0.2) is 41.2 Å². The Morgan fingerprint density at radius 1 is 1.09 bits per heavy atom. The molecule has 2 saturated carbocycles. The summed E-state index contributed by atoms with van der Waals surface area (Å²) in [6, 6.07) is 12.6. The molecule has 2 atom stereocenters. The first-order valence-corrected chi connectivity index (χ1v) is 13.4. The predicted molar refractivity (Wildman–Crippen MR) is 141 cm³/mol. The van der Waals surface area contributed by atoms with Crippen LogP contribution in [0.25, 0.3) is 16.6 Å². The van der Waals surface area contributed by atoms with Crippen molar-refractivity contribution in [3.05, 3.63) is 68.7 Å². The van der Waals surface area contributed by atoms with E-state index in [2.05, 4.69) is 43.5 Å². The summed E-state index contributed by atoms with van der Waals surface area (Å²) in [5.41, 5.74) is 3.76. The molecule has 35 heavy (non-hydrogen) atoms. The zero-order valence-electron chi connectivity index (χ0n) is 20.9. The van der Waals surface area contributed by atoms with Crippen LogP contribution in [0.2, 0.25) is 5.02 Å². The lowest BCUT2D eigenvalue weighted by Crippen LogP contribution is -2.34. The molecule has 2 aromatic carbocycles. The van der Waals surface area contributed by atoms with Crippen LogP contribution >= 0.6 is 11.6 Å². The molecule has 0 radical (unpaired) electrons. The molecule has 6 rings (SSSR count). The number of nitrogens with zero attached hydrogens (tertiary/aromatic N) is 2. The summed E-state index contributed by atoms with van der Waals surface area (Å²) in [6.07, 6.45) is 9.57. The molecule has 2 unspecified atom stereocenters. The lowest BCUT2D eigenvalue weighted by molar-refractivity contribution is -0.121. The molecule has 182 valence electrons. The highest BCUT2D eigenvalue weighted by atomic mass is 35.5. The molecule has 2 heterocycles. The number of hydrogen-bond acceptors (Lipinski definition) is 3. The number of fused-ring (bicyclic) bond motifs is 7. The fraction of sp³-hybridized carbons (Fsp3) is 0.500. The second kappa shape index (κ2) is 7.77. The van der Waals surface area contributed by atoms with E-state index < -0.39 is 0 Å². The Kier molecular flexibility index (Phi) is 5.10. The largest absolute Gasteiger partial charge is 0.303 e. The summed E-state index contributed by atoms with van der Waals surface area (Å²) in [7, 11) is 0. The third kappa shape index (κ3) is 3.15. The van der Waals surface area contributed by atoms with Gasteiger partial charge in [-0.2, -0.15) is 4.98 Å². The van der Waals surface area contributed by atoms with Gasteiger partial charge in [-0.1, -0.05) is 69.8 Å². The van der Waals surface area contributed by atoms with Gasteiger partial charge < -0.3 is 4.79 Å². The van der Waals surface area contributed by atoms with E-state index in [0.717, 1.165) is 62.0 Å². The van der Waals surface area contributed by atoms with Gasteiger partial charge in [-0.3, -0.25) is 9.36 Å². The summed E-state index contributed by atoms with van der Waals surface area (Å²) in [6.45, 7) is 6.56. The zero-order valence-corrected chi connectivity index (χ0v) is 21.6. The molecule has 4 nitrogen and oxygen atoms in total. The van der Waals surface area contributed by atoms with Crippen molar-refractivity contribution in [3.63, 3.8) is 0 Å². The van der Waals surface area contributed by atoms with E-state index in [-0.39, 0.29) is 21.8 Å². The second-order valence-corrected chi connectivity index (χ2v) is 12.5. The topological polar surface area (TPSA) is 52.0 Å². The first kappa shape index (κ1) is 23.0. The first-order valence-electron chi connectivity index (χ1n) is 13.0. The fourth-order valence-corrected chi connectivity index (χ4v) is 7.53. The molecule has 0 N–H and O–H groups in total. The van der Waals surface area contributed by atoms with Crippen LogP contribution in [0.5, 0.6) is 0 Å². The molecule has 2 fully saturated rings. The summed E-state index contributed by atoms with van der Waals surface area (Å²) in [5.74, 6) is 1.23. The number of hydrogen-bond donors (Lipinski definition) is 0. The SMILES string of the molecule is CC(C)(C)C1(C=O)CCC(c2ccc3c(c2)-n2c(nc(=O)c4c(Cl)cccc42)C32CCCCC2)C1. The molecule has 0 amide bonds. The van der Waals surface area contributed by atoms with Crippen LogP contribution in [0, 0.1) is 10.8 Å². The van der Waals surface area contributed by atoms with E-state index in [1.54, 1.807) is 6.07 Å². The van der Waals surface area contributed by atoms with Gasteiger partial charge in [0.25, 0.3) is 5.56 Å². The number of aldehydes is 1. The standard InChI is InChI=1S/C30H33ClN2O2/c1-28(2,3)29(18-34)15-12-20(17-29)19-10-11-21-24(16-19)33-23-9-7-8-22(31)25(23)26(35)32-27(33)30(21)13-5-4-6-14-30/h7-11,16,18,20H,4-6,12-15,17H2,1-3H3. The monoisotopic (exact) mass is 488 g/mol. The molecule has 5 heteroatoms. The van der Waals surface area contributed by atoms with E-state index in [1.807, 2.05) is 12.1 Å². The highest BCUT2D eigenvalue weighted by Crippen LogP contribution is 2.56. The van der Waals surface area contributed by atoms with Crippen molar-refractivity contribution >= 4 is 28.8 Å². The van der Waals surface area contributed by atoms with Crippen molar-refractivity contribution in [1.82, 2.24) is 9.55 Å². The van der Waals surface area contributed by atoms with Crippen molar-refractivity contribution in [2.75, 3.05) is 0 Å². The summed E-state index contributed by atoms with van der Waals surface area (Å²) >= 11 is 6.51. The van der Waals surface area contributed by atoms with E-state index >= 15 is 0 Å². The van der Waals surface area contributed by atoms with Crippen molar-refractivity contribution in [3.8, 4) is 5.69 Å². The molecular weight excluding hydrogens is 456 g/mol. The molecule has 1 aromatic heterocycles. The maximum atomic E-state index is 13.2. The molecular formula is C30H33ClN2O2. The van der Waals surface area contributed by atoms with Gasteiger partial charge in [0.15, 0.2) is 0 Å². The van der Waals surface area contributed by atoms with Crippen LogP contribution in [-0.4, -0.2) is 15.8 Å². The van der Waals surface area contributed by atoms with Crippen molar-refractivity contribution in [2.45, 2.75) is 83.5 Å². The average molecular weight is 489 g/mol. The average Bonchev–Trinajstić information content (AvgIpc) is 3.39. The smallest absolute Gasteiger partial charge is 0.282 e.